The number of aliphatic imine (C=N–C) groups is 1. The predicted molar refractivity (Wildman–Crippen MR) is 128 cm³/mol. The van der Waals surface area contributed by atoms with Crippen LogP contribution in [-0.4, -0.2) is 59.3 Å². The summed E-state index contributed by atoms with van der Waals surface area (Å²) in [5.74, 6) is 2.15. The molecule has 2 rings (SSSR count). The highest BCUT2D eigenvalue weighted by Crippen LogP contribution is 2.23. The number of guanidine groups is 1. The lowest BCUT2D eigenvalue weighted by Gasteiger charge is -2.15. The van der Waals surface area contributed by atoms with Crippen molar-refractivity contribution in [3.05, 3.63) is 29.3 Å². The molecule has 1 aliphatic rings. The molecule has 9 heteroatoms. The zero-order valence-electron chi connectivity index (χ0n) is 17.6. The van der Waals surface area contributed by atoms with Gasteiger partial charge in [0.05, 0.1) is 25.5 Å². The minimum Gasteiger partial charge on any atom is -0.493 e. The van der Waals surface area contributed by atoms with Crippen LogP contribution in [0.4, 0.5) is 0 Å². The van der Waals surface area contributed by atoms with Crippen molar-refractivity contribution < 1.29 is 17.9 Å². The van der Waals surface area contributed by atoms with Crippen molar-refractivity contribution >= 4 is 39.8 Å². The van der Waals surface area contributed by atoms with E-state index in [-0.39, 0.29) is 29.7 Å². The predicted octanol–water partition coefficient (Wildman–Crippen LogP) is 2.52. The Morgan fingerprint density at radius 1 is 1.34 bits per heavy atom. The second-order valence-corrected chi connectivity index (χ2v) is 9.52. The molecule has 0 bridgehead atoms. The van der Waals surface area contributed by atoms with Crippen molar-refractivity contribution in [3.8, 4) is 5.75 Å². The van der Waals surface area contributed by atoms with Gasteiger partial charge >= 0.3 is 0 Å². The molecule has 2 N–H and O–H groups in total. The third kappa shape index (κ3) is 10.5. The Hall–Kier alpha value is -1.07. The van der Waals surface area contributed by atoms with E-state index in [0.29, 0.717) is 38.0 Å². The third-order valence-corrected chi connectivity index (χ3v) is 5.49. The molecule has 1 atom stereocenters. The van der Waals surface area contributed by atoms with E-state index in [9.17, 15) is 8.42 Å². The van der Waals surface area contributed by atoms with Gasteiger partial charge in [-0.3, -0.25) is 0 Å². The van der Waals surface area contributed by atoms with E-state index in [2.05, 4.69) is 21.7 Å². The van der Waals surface area contributed by atoms with Crippen LogP contribution in [0.25, 0.3) is 0 Å². The molecule has 1 aliphatic heterocycles. The van der Waals surface area contributed by atoms with E-state index in [1.165, 1.54) is 6.26 Å². The van der Waals surface area contributed by atoms with Crippen LogP contribution < -0.4 is 15.4 Å². The van der Waals surface area contributed by atoms with Crippen LogP contribution in [0.1, 0.15) is 30.9 Å². The SMILES string of the molecule is CCNC(=NCc1ccc(C)cc1OCC1CCOC1)NCCCS(C)(=O)=O.I. The standard InChI is InChI=1S/C20H33N3O4S.HI/c1-4-21-20(22-9-5-11-28(3,24)25)23-13-18-7-6-16(2)12-19(18)27-15-17-8-10-26-14-17;/h6-7,12,17H,4-5,8-11,13-15H2,1-3H3,(H2,21,22,23);1H. The molecule has 1 unspecified atom stereocenters. The average molecular weight is 539 g/mol. The summed E-state index contributed by atoms with van der Waals surface area (Å²) in [6, 6.07) is 6.16. The molecular formula is C20H34IN3O4S. The summed E-state index contributed by atoms with van der Waals surface area (Å²) in [6.07, 6.45) is 2.84. The highest BCUT2D eigenvalue weighted by molar-refractivity contribution is 14.0. The molecule has 1 aromatic rings. The van der Waals surface area contributed by atoms with Crippen LogP contribution in [0, 0.1) is 12.8 Å². The number of nitrogens with one attached hydrogen (secondary N) is 2. The second-order valence-electron chi connectivity index (χ2n) is 7.26. The van der Waals surface area contributed by atoms with E-state index in [1.54, 1.807) is 0 Å². The van der Waals surface area contributed by atoms with Gasteiger partial charge in [-0.15, -0.1) is 24.0 Å². The highest BCUT2D eigenvalue weighted by atomic mass is 127. The smallest absolute Gasteiger partial charge is 0.191 e. The van der Waals surface area contributed by atoms with E-state index in [0.717, 1.165) is 43.1 Å². The third-order valence-electron chi connectivity index (χ3n) is 4.46. The van der Waals surface area contributed by atoms with Crippen molar-refractivity contribution in [2.75, 3.05) is 44.9 Å². The number of nitrogens with zero attached hydrogens (tertiary/aromatic N) is 1. The summed E-state index contributed by atoms with van der Waals surface area (Å²) in [6.45, 7) is 8.05. The molecule has 0 aliphatic carbocycles. The molecule has 0 aromatic heterocycles. The minimum atomic E-state index is -2.94. The van der Waals surface area contributed by atoms with Gasteiger partial charge in [0.25, 0.3) is 0 Å². The van der Waals surface area contributed by atoms with Gasteiger partial charge in [0.15, 0.2) is 5.96 Å². The first-order valence-corrected chi connectivity index (χ1v) is 11.9. The minimum absolute atomic E-state index is 0. The molecular weight excluding hydrogens is 505 g/mol. The Kier molecular flexibility index (Phi) is 11.9. The Labute approximate surface area is 192 Å². The fourth-order valence-electron chi connectivity index (χ4n) is 2.90. The summed E-state index contributed by atoms with van der Waals surface area (Å²) >= 11 is 0. The van der Waals surface area contributed by atoms with Crippen molar-refractivity contribution in [2.24, 2.45) is 10.9 Å². The van der Waals surface area contributed by atoms with Crippen LogP contribution in [0.2, 0.25) is 0 Å². The fraction of sp³-hybridized carbons (Fsp3) is 0.650. The molecule has 166 valence electrons. The maximum Gasteiger partial charge on any atom is 0.191 e. The molecule has 1 saturated heterocycles. The molecule has 0 amide bonds. The first kappa shape index (κ1) is 26.0. The van der Waals surface area contributed by atoms with Gasteiger partial charge in [0.1, 0.15) is 15.6 Å². The van der Waals surface area contributed by atoms with Crippen molar-refractivity contribution in [3.63, 3.8) is 0 Å². The first-order chi connectivity index (χ1) is 13.4. The molecule has 0 saturated carbocycles. The van der Waals surface area contributed by atoms with E-state index < -0.39 is 9.84 Å². The molecule has 1 heterocycles. The van der Waals surface area contributed by atoms with Gasteiger partial charge in [-0.05, 0) is 38.3 Å². The molecule has 0 radical (unpaired) electrons. The van der Waals surface area contributed by atoms with E-state index in [1.807, 2.05) is 26.0 Å². The zero-order chi connectivity index (χ0) is 20.4. The zero-order valence-corrected chi connectivity index (χ0v) is 20.7. The Balaban J connectivity index is 0.00000420. The number of sulfone groups is 1. The lowest BCUT2D eigenvalue weighted by atomic mass is 10.1. The Bertz CT molecular complexity index is 750. The Morgan fingerprint density at radius 2 is 2.14 bits per heavy atom. The van der Waals surface area contributed by atoms with Crippen LogP contribution in [0.5, 0.6) is 5.75 Å². The van der Waals surface area contributed by atoms with Crippen molar-refractivity contribution in [2.45, 2.75) is 33.2 Å². The van der Waals surface area contributed by atoms with Gasteiger partial charge in [-0.1, -0.05) is 12.1 Å². The topological polar surface area (TPSA) is 89.0 Å². The average Bonchev–Trinajstić information content (AvgIpc) is 3.15. The fourth-order valence-corrected chi connectivity index (χ4v) is 3.57. The van der Waals surface area contributed by atoms with Crippen molar-refractivity contribution in [1.29, 1.82) is 0 Å². The number of benzene rings is 1. The molecule has 29 heavy (non-hydrogen) atoms. The molecule has 1 aromatic carbocycles. The summed E-state index contributed by atoms with van der Waals surface area (Å²) in [7, 11) is -2.94. The summed E-state index contributed by atoms with van der Waals surface area (Å²) in [4.78, 5) is 4.63. The van der Waals surface area contributed by atoms with Gasteiger partial charge in [0.2, 0.25) is 0 Å². The van der Waals surface area contributed by atoms with E-state index >= 15 is 0 Å². The quantitative estimate of drug-likeness (QED) is 0.206. The number of halogens is 1. The highest BCUT2D eigenvalue weighted by Gasteiger charge is 2.17. The van der Waals surface area contributed by atoms with Gasteiger partial charge < -0.3 is 20.1 Å². The van der Waals surface area contributed by atoms with Crippen LogP contribution in [-0.2, 0) is 21.1 Å². The normalized spacial score (nSPS) is 16.9. The van der Waals surface area contributed by atoms with Gasteiger partial charge in [0, 0.05) is 37.4 Å². The second kappa shape index (κ2) is 13.3. The maximum absolute atomic E-state index is 11.2. The number of hydrogen-bond donors (Lipinski definition) is 2. The van der Waals surface area contributed by atoms with E-state index in [4.69, 9.17) is 9.47 Å². The maximum atomic E-state index is 11.2. The Morgan fingerprint density at radius 3 is 2.79 bits per heavy atom. The summed E-state index contributed by atoms with van der Waals surface area (Å²) in [5.41, 5.74) is 2.18. The number of rotatable bonds is 10. The summed E-state index contributed by atoms with van der Waals surface area (Å²) < 4.78 is 34.0. The lowest BCUT2D eigenvalue weighted by Crippen LogP contribution is -2.38. The van der Waals surface area contributed by atoms with Crippen LogP contribution >= 0.6 is 24.0 Å². The molecule has 0 spiro atoms. The number of aryl methyl sites for hydroxylation is 1. The first-order valence-electron chi connectivity index (χ1n) is 9.87. The number of hydrogen-bond acceptors (Lipinski definition) is 5. The largest absolute Gasteiger partial charge is 0.493 e. The molecule has 7 nitrogen and oxygen atoms in total. The molecule has 1 fully saturated rings. The van der Waals surface area contributed by atoms with Crippen LogP contribution in [0.15, 0.2) is 23.2 Å². The monoisotopic (exact) mass is 539 g/mol. The van der Waals surface area contributed by atoms with Gasteiger partial charge in [-0.25, -0.2) is 13.4 Å². The van der Waals surface area contributed by atoms with Crippen molar-refractivity contribution in [1.82, 2.24) is 10.6 Å². The summed E-state index contributed by atoms with van der Waals surface area (Å²) in [5, 5.41) is 6.38. The van der Waals surface area contributed by atoms with Gasteiger partial charge in [-0.2, -0.15) is 0 Å². The van der Waals surface area contributed by atoms with Crippen LogP contribution in [0.3, 0.4) is 0 Å². The lowest BCUT2D eigenvalue weighted by molar-refractivity contribution is 0.166. The number of ether oxygens (including phenoxy) is 2.